The summed E-state index contributed by atoms with van der Waals surface area (Å²) in [6, 6.07) is 3.84. The fourth-order valence-electron chi connectivity index (χ4n) is 2.52. The Hall–Kier alpha value is -1.44. The summed E-state index contributed by atoms with van der Waals surface area (Å²) in [5.41, 5.74) is -3.90. The zero-order chi connectivity index (χ0) is 25.0. The highest BCUT2D eigenvalue weighted by Crippen LogP contribution is 2.63. The van der Waals surface area contributed by atoms with Crippen molar-refractivity contribution in [2.75, 3.05) is 0 Å². The Morgan fingerprint density at radius 2 is 0.719 bits per heavy atom. The summed E-state index contributed by atoms with van der Waals surface area (Å²) in [7, 11) is 0. The number of hydrogen-bond acceptors (Lipinski definition) is 0. The summed E-state index contributed by atoms with van der Waals surface area (Å²) in [5.74, 6) is -42.0. The lowest BCUT2D eigenvalue weighted by Gasteiger charge is -2.41. The van der Waals surface area contributed by atoms with E-state index < -0.39 is 46.7 Å². The minimum absolute atomic E-state index is 0.140. The first-order valence-electron chi connectivity index (χ1n) is 8.04. The van der Waals surface area contributed by atoms with Gasteiger partial charge < -0.3 is 0 Å². The van der Waals surface area contributed by atoms with E-state index in [1.165, 1.54) is 0 Å². The van der Waals surface area contributed by atoms with Crippen LogP contribution in [0.25, 0.3) is 0 Å². The lowest BCUT2D eigenvalue weighted by Crippen LogP contribution is -2.69. The second-order valence-corrected chi connectivity index (χ2v) is 8.30. The standard InChI is InChI=1S/C18H8Br2F12/c19-11-5-1-3-9(7-11)13(21,22)15(25,26)17(29,30)18(31,32)16(27,28)14(23,24)10-4-2-6-12(20)8-10/h1-8H. The molecule has 0 radical (unpaired) electrons. The molecule has 0 saturated carbocycles. The molecule has 2 rings (SSSR count). The Morgan fingerprint density at radius 3 is 0.969 bits per heavy atom. The molecule has 2 aromatic carbocycles. The maximum atomic E-state index is 14.2. The fraction of sp³-hybridized carbons (Fsp3) is 0.333. The third-order valence-corrected chi connectivity index (χ3v) is 5.33. The summed E-state index contributed by atoms with van der Waals surface area (Å²) in [6.45, 7) is 0. The van der Waals surface area contributed by atoms with Gasteiger partial charge in [-0.15, -0.1) is 0 Å². The maximum Gasteiger partial charge on any atom is 0.385 e. The van der Waals surface area contributed by atoms with Crippen molar-refractivity contribution in [2.24, 2.45) is 0 Å². The van der Waals surface area contributed by atoms with Gasteiger partial charge in [0.1, 0.15) is 0 Å². The van der Waals surface area contributed by atoms with Crippen LogP contribution in [0.2, 0.25) is 0 Å². The van der Waals surface area contributed by atoms with Gasteiger partial charge in [0.15, 0.2) is 0 Å². The van der Waals surface area contributed by atoms with Crippen molar-refractivity contribution in [3.63, 3.8) is 0 Å². The zero-order valence-electron chi connectivity index (χ0n) is 14.9. The molecule has 0 spiro atoms. The molecule has 32 heavy (non-hydrogen) atoms. The van der Waals surface area contributed by atoms with Crippen LogP contribution in [-0.4, -0.2) is 23.7 Å². The predicted molar refractivity (Wildman–Crippen MR) is 95.9 cm³/mol. The molecule has 0 aliphatic carbocycles. The summed E-state index contributed by atoms with van der Waals surface area (Å²) in [4.78, 5) is 0. The third kappa shape index (κ3) is 3.80. The monoisotopic (exact) mass is 610 g/mol. The lowest BCUT2D eigenvalue weighted by molar-refractivity contribution is -0.429. The normalized spacial score (nSPS) is 14.6. The smallest absolute Gasteiger partial charge is 0.194 e. The molecule has 0 atom stereocenters. The van der Waals surface area contributed by atoms with Gasteiger partial charge in [-0.1, -0.05) is 56.1 Å². The average Bonchev–Trinajstić information content (AvgIpc) is 2.67. The molecular weight excluding hydrogens is 604 g/mol. The molecule has 0 heterocycles. The molecule has 178 valence electrons. The largest absolute Gasteiger partial charge is 0.385 e. The summed E-state index contributed by atoms with van der Waals surface area (Å²) in [5, 5.41) is 0. The van der Waals surface area contributed by atoms with Crippen molar-refractivity contribution in [1.82, 2.24) is 0 Å². The molecule has 14 heteroatoms. The Bertz CT molecular complexity index is 908. The molecular formula is C18H8Br2F12. The molecule has 0 saturated heterocycles. The molecule has 0 bridgehead atoms. The van der Waals surface area contributed by atoms with E-state index in [0.717, 1.165) is 12.1 Å². The molecule has 0 fully saturated rings. The van der Waals surface area contributed by atoms with Crippen LogP contribution in [0.4, 0.5) is 52.7 Å². The van der Waals surface area contributed by atoms with E-state index in [4.69, 9.17) is 0 Å². The topological polar surface area (TPSA) is 0 Å². The molecule has 0 unspecified atom stereocenters. The summed E-state index contributed by atoms with van der Waals surface area (Å²) >= 11 is 5.13. The quantitative estimate of drug-likeness (QED) is 0.275. The Morgan fingerprint density at radius 1 is 0.438 bits per heavy atom. The van der Waals surface area contributed by atoms with Gasteiger partial charge >= 0.3 is 35.5 Å². The Labute approximate surface area is 188 Å². The van der Waals surface area contributed by atoms with E-state index in [-0.39, 0.29) is 33.2 Å². The van der Waals surface area contributed by atoms with Crippen LogP contribution in [0.15, 0.2) is 57.5 Å². The van der Waals surface area contributed by atoms with Crippen LogP contribution >= 0.6 is 31.9 Å². The molecule has 0 aliphatic rings. The van der Waals surface area contributed by atoms with Gasteiger partial charge in [-0.05, 0) is 24.3 Å². The molecule has 0 N–H and O–H groups in total. The number of rotatable bonds is 7. The van der Waals surface area contributed by atoms with E-state index in [0.29, 0.717) is 12.1 Å². The van der Waals surface area contributed by atoms with E-state index >= 15 is 0 Å². The van der Waals surface area contributed by atoms with E-state index in [1.54, 1.807) is 0 Å². The number of alkyl halides is 12. The van der Waals surface area contributed by atoms with Crippen LogP contribution in [0, 0.1) is 0 Å². The van der Waals surface area contributed by atoms with Crippen molar-refractivity contribution in [1.29, 1.82) is 0 Å². The maximum absolute atomic E-state index is 14.2. The highest BCUT2D eigenvalue weighted by Gasteiger charge is 2.90. The van der Waals surface area contributed by atoms with Gasteiger partial charge in [-0.2, -0.15) is 52.7 Å². The number of benzene rings is 2. The Balaban J connectivity index is 2.63. The molecule has 0 aliphatic heterocycles. The van der Waals surface area contributed by atoms with Gasteiger partial charge in [0.2, 0.25) is 0 Å². The summed E-state index contributed by atoms with van der Waals surface area (Å²) < 4.78 is 169. The van der Waals surface area contributed by atoms with Crippen LogP contribution in [0.1, 0.15) is 11.1 Å². The van der Waals surface area contributed by atoms with Crippen LogP contribution in [0.5, 0.6) is 0 Å². The SMILES string of the molecule is FC(F)(c1cccc(Br)c1)C(F)(F)C(F)(F)C(F)(F)C(F)(F)C(F)(F)c1cccc(Br)c1. The van der Waals surface area contributed by atoms with Gasteiger partial charge in [0.25, 0.3) is 0 Å². The van der Waals surface area contributed by atoms with Crippen molar-refractivity contribution >= 4 is 31.9 Å². The lowest BCUT2D eigenvalue weighted by atomic mass is 9.87. The van der Waals surface area contributed by atoms with Gasteiger partial charge in [0.05, 0.1) is 0 Å². The van der Waals surface area contributed by atoms with E-state index in [2.05, 4.69) is 31.9 Å². The van der Waals surface area contributed by atoms with Crippen molar-refractivity contribution in [2.45, 2.75) is 35.5 Å². The first-order chi connectivity index (χ1) is 14.2. The summed E-state index contributed by atoms with van der Waals surface area (Å²) in [6.07, 6.45) is 0. The third-order valence-electron chi connectivity index (χ3n) is 4.35. The minimum atomic E-state index is -7.63. The van der Waals surface area contributed by atoms with Crippen molar-refractivity contribution in [3.05, 3.63) is 68.6 Å². The molecule has 0 nitrogen and oxygen atoms in total. The molecule has 0 aromatic heterocycles. The van der Waals surface area contributed by atoms with E-state index in [1.807, 2.05) is 0 Å². The fourth-order valence-corrected chi connectivity index (χ4v) is 3.32. The van der Waals surface area contributed by atoms with Crippen LogP contribution in [-0.2, 0) is 11.8 Å². The zero-order valence-corrected chi connectivity index (χ0v) is 18.1. The predicted octanol–water partition coefficient (Wildman–Crippen LogP) is 8.64. The highest BCUT2D eigenvalue weighted by molar-refractivity contribution is 9.10. The average molecular weight is 612 g/mol. The van der Waals surface area contributed by atoms with Gasteiger partial charge in [-0.25, -0.2) is 0 Å². The Kier molecular flexibility index (Phi) is 6.79. The molecule has 2 aromatic rings. The van der Waals surface area contributed by atoms with Crippen molar-refractivity contribution < 1.29 is 52.7 Å². The number of hydrogen-bond donors (Lipinski definition) is 0. The second-order valence-electron chi connectivity index (χ2n) is 6.47. The highest BCUT2D eigenvalue weighted by atomic mass is 79.9. The van der Waals surface area contributed by atoms with Crippen molar-refractivity contribution in [3.8, 4) is 0 Å². The first-order valence-corrected chi connectivity index (χ1v) is 9.62. The van der Waals surface area contributed by atoms with Crippen LogP contribution in [0.3, 0.4) is 0 Å². The molecule has 0 amide bonds. The number of halogens is 14. The minimum Gasteiger partial charge on any atom is -0.194 e. The van der Waals surface area contributed by atoms with E-state index in [9.17, 15) is 52.7 Å². The van der Waals surface area contributed by atoms with Gasteiger partial charge in [-0.3, -0.25) is 0 Å². The van der Waals surface area contributed by atoms with Gasteiger partial charge in [0, 0.05) is 20.1 Å². The first kappa shape index (κ1) is 26.8. The second kappa shape index (κ2) is 8.10. The van der Waals surface area contributed by atoms with Crippen LogP contribution < -0.4 is 0 Å².